The highest BCUT2D eigenvalue weighted by Crippen LogP contribution is 2.09. The van der Waals surface area contributed by atoms with Crippen molar-refractivity contribution in [1.29, 1.82) is 0 Å². The number of amides is 1. The van der Waals surface area contributed by atoms with Gasteiger partial charge >= 0.3 is 0 Å². The van der Waals surface area contributed by atoms with Crippen LogP contribution in [0.4, 0.5) is 5.69 Å². The Kier molecular flexibility index (Phi) is 4.18. The van der Waals surface area contributed by atoms with Gasteiger partial charge in [0.15, 0.2) is 5.69 Å². The zero-order valence-corrected chi connectivity index (χ0v) is 10.8. The third-order valence-corrected chi connectivity index (χ3v) is 2.84. The van der Waals surface area contributed by atoms with E-state index in [1.807, 2.05) is 19.1 Å². The second-order valence-corrected chi connectivity index (χ2v) is 4.43. The molecular formula is C14H17N3O2. The van der Waals surface area contributed by atoms with Crippen LogP contribution in [0, 0.1) is 0 Å². The maximum Gasteiger partial charge on any atom is 0.272 e. The number of furan rings is 1. The average molecular weight is 259 g/mol. The fourth-order valence-corrected chi connectivity index (χ4v) is 1.79. The smallest absolute Gasteiger partial charge is 0.272 e. The molecule has 0 aromatic carbocycles. The van der Waals surface area contributed by atoms with Gasteiger partial charge in [0.1, 0.15) is 5.76 Å². The van der Waals surface area contributed by atoms with Crippen molar-refractivity contribution in [3.63, 3.8) is 0 Å². The molecule has 0 spiro atoms. The van der Waals surface area contributed by atoms with Crippen LogP contribution in [-0.4, -0.2) is 16.9 Å². The van der Waals surface area contributed by atoms with Gasteiger partial charge < -0.3 is 15.5 Å². The number of anilines is 1. The Labute approximate surface area is 111 Å². The SMILES string of the molecule is CC(CCc1ccco1)NC(=O)c1ncccc1N. The van der Waals surface area contributed by atoms with Crippen LogP contribution in [0.5, 0.6) is 0 Å². The van der Waals surface area contributed by atoms with Gasteiger partial charge in [-0.25, -0.2) is 4.98 Å². The van der Waals surface area contributed by atoms with Crippen LogP contribution in [0.25, 0.3) is 0 Å². The van der Waals surface area contributed by atoms with Crippen molar-refractivity contribution in [2.24, 2.45) is 0 Å². The van der Waals surface area contributed by atoms with E-state index >= 15 is 0 Å². The molecule has 0 saturated carbocycles. The van der Waals surface area contributed by atoms with Crippen LogP contribution in [0.1, 0.15) is 29.6 Å². The van der Waals surface area contributed by atoms with E-state index in [2.05, 4.69) is 10.3 Å². The lowest BCUT2D eigenvalue weighted by atomic mass is 10.1. The van der Waals surface area contributed by atoms with Gasteiger partial charge in [0.2, 0.25) is 0 Å². The molecule has 2 aromatic rings. The standard InChI is InChI=1S/C14H17N3O2/c1-10(6-7-11-4-3-9-19-11)17-14(18)13-12(15)5-2-8-16-13/h2-5,8-10H,6-7,15H2,1H3,(H,17,18). The summed E-state index contributed by atoms with van der Waals surface area (Å²) in [6.45, 7) is 1.94. The molecule has 3 N–H and O–H groups in total. The largest absolute Gasteiger partial charge is 0.469 e. The average Bonchev–Trinajstić information content (AvgIpc) is 2.90. The van der Waals surface area contributed by atoms with Crippen molar-refractivity contribution in [3.05, 3.63) is 48.2 Å². The highest BCUT2D eigenvalue weighted by atomic mass is 16.3. The lowest BCUT2D eigenvalue weighted by Gasteiger charge is -2.13. The second kappa shape index (κ2) is 6.04. The Bertz CT molecular complexity index is 537. The lowest BCUT2D eigenvalue weighted by molar-refractivity contribution is 0.0934. The summed E-state index contributed by atoms with van der Waals surface area (Å²) in [6, 6.07) is 7.17. The fourth-order valence-electron chi connectivity index (χ4n) is 1.79. The lowest BCUT2D eigenvalue weighted by Crippen LogP contribution is -2.33. The van der Waals surface area contributed by atoms with Gasteiger partial charge in [-0.3, -0.25) is 4.79 Å². The molecule has 0 bridgehead atoms. The van der Waals surface area contributed by atoms with E-state index in [0.717, 1.165) is 18.6 Å². The van der Waals surface area contributed by atoms with E-state index in [1.165, 1.54) is 0 Å². The van der Waals surface area contributed by atoms with E-state index < -0.39 is 0 Å². The molecule has 0 aliphatic heterocycles. The fraction of sp³-hybridized carbons (Fsp3) is 0.286. The third kappa shape index (κ3) is 3.58. The Balaban J connectivity index is 1.87. The Hall–Kier alpha value is -2.30. The monoisotopic (exact) mass is 259 g/mol. The predicted molar refractivity (Wildman–Crippen MR) is 72.6 cm³/mol. The van der Waals surface area contributed by atoms with E-state index in [4.69, 9.17) is 10.2 Å². The normalized spacial score (nSPS) is 12.1. The molecular weight excluding hydrogens is 242 g/mol. The van der Waals surface area contributed by atoms with Gasteiger partial charge in [0.05, 0.1) is 12.0 Å². The summed E-state index contributed by atoms with van der Waals surface area (Å²) in [5.74, 6) is 0.670. The topological polar surface area (TPSA) is 81.2 Å². The van der Waals surface area contributed by atoms with Crippen molar-refractivity contribution < 1.29 is 9.21 Å². The summed E-state index contributed by atoms with van der Waals surface area (Å²) in [7, 11) is 0. The zero-order valence-electron chi connectivity index (χ0n) is 10.8. The van der Waals surface area contributed by atoms with Gasteiger partial charge in [-0.2, -0.15) is 0 Å². The molecule has 5 heteroatoms. The van der Waals surface area contributed by atoms with Gasteiger partial charge in [-0.1, -0.05) is 0 Å². The Morgan fingerprint density at radius 3 is 3.00 bits per heavy atom. The number of carbonyl (C=O) groups is 1. The van der Waals surface area contributed by atoms with Gasteiger partial charge in [-0.05, 0) is 37.6 Å². The molecule has 1 amide bonds. The van der Waals surface area contributed by atoms with Gasteiger partial charge in [-0.15, -0.1) is 0 Å². The number of hydrogen-bond donors (Lipinski definition) is 2. The molecule has 1 unspecified atom stereocenters. The van der Waals surface area contributed by atoms with Gasteiger partial charge in [0, 0.05) is 18.7 Å². The van der Waals surface area contributed by atoms with Crippen LogP contribution >= 0.6 is 0 Å². The van der Waals surface area contributed by atoms with Crippen LogP contribution in [-0.2, 0) is 6.42 Å². The van der Waals surface area contributed by atoms with Crippen molar-refractivity contribution >= 4 is 11.6 Å². The second-order valence-electron chi connectivity index (χ2n) is 4.43. The van der Waals surface area contributed by atoms with Gasteiger partial charge in [0.25, 0.3) is 5.91 Å². The molecule has 0 saturated heterocycles. The molecule has 2 rings (SSSR count). The predicted octanol–water partition coefficient (Wildman–Crippen LogP) is 2.01. The summed E-state index contributed by atoms with van der Waals surface area (Å²) < 4.78 is 5.25. The molecule has 5 nitrogen and oxygen atoms in total. The highest BCUT2D eigenvalue weighted by Gasteiger charge is 2.13. The molecule has 1 atom stereocenters. The number of hydrogen-bond acceptors (Lipinski definition) is 4. The first-order valence-corrected chi connectivity index (χ1v) is 6.20. The van der Waals surface area contributed by atoms with Crippen molar-refractivity contribution in [3.8, 4) is 0 Å². The summed E-state index contributed by atoms with van der Waals surface area (Å²) in [4.78, 5) is 15.9. The van der Waals surface area contributed by atoms with E-state index in [9.17, 15) is 4.79 Å². The molecule has 0 fully saturated rings. The van der Waals surface area contributed by atoms with Crippen LogP contribution in [0.15, 0.2) is 41.1 Å². The molecule has 0 aliphatic rings. The first-order valence-electron chi connectivity index (χ1n) is 6.20. The molecule has 2 aromatic heterocycles. The van der Waals surface area contributed by atoms with E-state index in [0.29, 0.717) is 5.69 Å². The minimum Gasteiger partial charge on any atom is -0.469 e. The number of pyridine rings is 1. The maximum atomic E-state index is 12.0. The minimum atomic E-state index is -0.245. The van der Waals surface area contributed by atoms with E-state index in [-0.39, 0.29) is 17.6 Å². The quantitative estimate of drug-likeness (QED) is 0.860. The molecule has 19 heavy (non-hydrogen) atoms. The van der Waals surface area contributed by atoms with Crippen LogP contribution < -0.4 is 11.1 Å². The molecule has 0 radical (unpaired) electrons. The Morgan fingerprint density at radius 2 is 2.32 bits per heavy atom. The van der Waals surface area contributed by atoms with Crippen molar-refractivity contribution in [2.75, 3.05) is 5.73 Å². The molecule has 2 heterocycles. The summed E-state index contributed by atoms with van der Waals surface area (Å²) >= 11 is 0. The first-order chi connectivity index (χ1) is 9.16. The number of nitrogen functional groups attached to an aromatic ring is 1. The number of carbonyl (C=O) groups excluding carboxylic acids is 1. The molecule has 100 valence electrons. The van der Waals surface area contributed by atoms with Crippen molar-refractivity contribution in [2.45, 2.75) is 25.8 Å². The van der Waals surface area contributed by atoms with E-state index in [1.54, 1.807) is 24.6 Å². The summed E-state index contributed by atoms with van der Waals surface area (Å²) in [6.07, 6.45) is 4.78. The summed E-state index contributed by atoms with van der Waals surface area (Å²) in [5, 5.41) is 2.88. The van der Waals surface area contributed by atoms with Crippen LogP contribution in [0.2, 0.25) is 0 Å². The number of aryl methyl sites for hydroxylation is 1. The number of nitrogens with zero attached hydrogens (tertiary/aromatic N) is 1. The Morgan fingerprint density at radius 1 is 1.47 bits per heavy atom. The first kappa shape index (κ1) is 13.1. The highest BCUT2D eigenvalue weighted by molar-refractivity contribution is 5.97. The summed E-state index contributed by atoms with van der Waals surface area (Å²) in [5.41, 5.74) is 6.37. The maximum absolute atomic E-state index is 12.0. The molecule has 0 aliphatic carbocycles. The van der Waals surface area contributed by atoms with Crippen molar-refractivity contribution in [1.82, 2.24) is 10.3 Å². The van der Waals surface area contributed by atoms with Crippen LogP contribution in [0.3, 0.4) is 0 Å². The number of nitrogens with two attached hydrogens (primary N) is 1. The number of rotatable bonds is 5. The number of nitrogens with one attached hydrogen (secondary N) is 1. The third-order valence-electron chi connectivity index (χ3n) is 2.84. The number of aromatic nitrogens is 1. The minimum absolute atomic E-state index is 0.0269. The zero-order chi connectivity index (χ0) is 13.7.